The first-order valence-electron chi connectivity index (χ1n) is 28.4. The smallest absolute Gasteiger partial charge is 0.243 e. The van der Waals surface area contributed by atoms with Gasteiger partial charge >= 0.3 is 17.8 Å². The van der Waals surface area contributed by atoms with Crippen LogP contribution in [0.3, 0.4) is 0 Å². The Morgan fingerprint density at radius 2 is 0.659 bits per heavy atom. The largest absolute Gasteiger partial charge is 0.380 e. The molecule has 2 aliphatic heterocycles. The summed E-state index contributed by atoms with van der Waals surface area (Å²) < 4.78 is 96.2. The summed E-state index contributed by atoms with van der Waals surface area (Å²) in [5.74, 6) is -16.2. The molecule has 1 fully saturated rings. The number of hydrogen-bond acceptors (Lipinski definition) is 3. The SMILES string of the molecule is [C-]#[N+]/C(C)=C(/C)c1ccc(C(=C(c2ccccc2)c2ccc(C3=CC4=C5C(=C6C=C(c7ccc(C(=C(c8ccccc8)c8ccc(/C(C)=C(\C#N)[N+]#[C-])cc8)c8ccccc8)cc7)SC6(C)C4(C)S3)C(F)(F)C(F)(F)C5(F)F)cc2)c2ccccc2)cc1. The number of alkyl halides is 6. The molecule has 0 aromatic heterocycles. The second-order valence-corrected chi connectivity index (χ2v) is 25.3. The number of nitrogens with zero attached hydrogens (tertiary/aromatic N) is 3. The van der Waals surface area contributed by atoms with Crippen molar-refractivity contribution in [1.82, 2.24) is 0 Å². The summed E-state index contributed by atoms with van der Waals surface area (Å²) in [4.78, 5) is 7.99. The van der Waals surface area contributed by atoms with Gasteiger partial charge in [0.25, 0.3) is 5.70 Å². The highest BCUT2D eigenvalue weighted by molar-refractivity contribution is 8.14. The summed E-state index contributed by atoms with van der Waals surface area (Å²) in [6, 6.07) is 72.6. The Labute approximate surface area is 517 Å². The lowest BCUT2D eigenvalue weighted by atomic mass is 9.71. The molecule has 11 heteroatoms. The van der Waals surface area contributed by atoms with Crippen molar-refractivity contribution in [3.05, 3.63) is 354 Å². The maximum Gasteiger partial charge on any atom is 0.380 e. The van der Waals surface area contributed by atoms with Crippen LogP contribution in [0.4, 0.5) is 26.3 Å². The molecule has 4 aliphatic rings. The molecular weight excluding hydrogens is 1140 g/mol. The van der Waals surface area contributed by atoms with E-state index in [0.717, 1.165) is 83.5 Å². The number of halogens is 6. The average molecular weight is 1200 g/mol. The molecule has 0 radical (unpaired) electrons. The summed E-state index contributed by atoms with van der Waals surface area (Å²) in [5.41, 5.74) is 12.3. The Hall–Kier alpha value is -9.57. The van der Waals surface area contributed by atoms with Crippen LogP contribution in [0.15, 0.2) is 264 Å². The molecule has 2 heterocycles. The molecule has 8 aromatic carbocycles. The third kappa shape index (κ3) is 9.55. The molecule has 0 saturated heterocycles. The van der Waals surface area contributed by atoms with Crippen LogP contribution in [-0.2, 0) is 0 Å². The van der Waals surface area contributed by atoms with E-state index in [0.29, 0.717) is 32.2 Å². The first kappa shape index (κ1) is 58.8. The molecule has 3 nitrogen and oxygen atoms in total. The quantitative estimate of drug-likeness (QED) is 0.0529. The Kier molecular flexibility index (Phi) is 15.1. The van der Waals surface area contributed by atoms with Gasteiger partial charge in [-0.05, 0) is 158 Å². The van der Waals surface area contributed by atoms with Gasteiger partial charge in [0.1, 0.15) is 0 Å². The standard InChI is InChI=1S/C77H53F6N3S2/c1-47(49(3)85-6)50-28-36-58(37-29-50)67(54-20-12-8-13-21-54)69(56-24-16-10-17-25-56)60-40-32-52(33-41-60)65-44-62-71-72(76(80,81)77(82,83)75(71,78)79)63-45-66(88-74(63,5)73(62,4)87-65)53-34-42-61(43-35-53)70(57-26-18-11-19-27-57)68(55-22-14-9-15-23-55)59-38-30-51(31-39-59)48(2)64(46-84)86-7/h8-45H,1-5H3/b49-47-,64-48+,69-67?,70-68?. The van der Waals surface area contributed by atoms with Gasteiger partial charge in [-0.1, -0.05) is 218 Å². The maximum atomic E-state index is 16.7. The van der Waals surface area contributed by atoms with E-state index in [1.54, 1.807) is 27.7 Å². The average Bonchev–Trinajstić information content (AvgIpc) is 1.51. The molecule has 430 valence electrons. The van der Waals surface area contributed by atoms with Gasteiger partial charge in [-0.2, -0.15) is 26.3 Å². The van der Waals surface area contributed by atoms with Crippen molar-refractivity contribution in [2.75, 3.05) is 0 Å². The lowest BCUT2D eigenvalue weighted by Gasteiger charge is -2.47. The van der Waals surface area contributed by atoms with Gasteiger partial charge in [0, 0.05) is 21.0 Å². The van der Waals surface area contributed by atoms with Crippen molar-refractivity contribution < 1.29 is 26.3 Å². The van der Waals surface area contributed by atoms with Gasteiger partial charge < -0.3 is 0 Å². The number of fused-ring (bicyclic) bond motifs is 4. The van der Waals surface area contributed by atoms with E-state index in [4.69, 9.17) is 13.1 Å². The number of thioether (sulfide) groups is 2. The van der Waals surface area contributed by atoms with Gasteiger partial charge in [-0.25, -0.2) is 15.0 Å². The molecule has 1 saturated carbocycles. The Morgan fingerprint density at radius 3 is 0.943 bits per heavy atom. The number of nitriles is 1. The van der Waals surface area contributed by atoms with E-state index in [1.807, 2.05) is 231 Å². The first-order chi connectivity index (χ1) is 42.3. The molecule has 0 amide bonds. The van der Waals surface area contributed by atoms with Crippen LogP contribution < -0.4 is 0 Å². The highest BCUT2D eigenvalue weighted by atomic mass is 32.2. The van der Waals surface area contributed by atoms with E-state index in [1.165, 1.54) is 35.7 Å². The molecule has 12 rings (SSSR count). The zero-order chi connectivity index (χ0) is 61.9. The maximum absolute atomic E-state index is 16.7. The number of rotatable bonds is 12. The van der Waals surface area contributed by atoms with Gasteiger partial charge in [-0.15, -0.1) is 23.5 Å². The minimum atomic E-state index is -5.73. The van der Waals surface area contributed by atoms with Crippen molar-refractivity contribution in [1.29, 1.82) is 5.26 Å². The summed E-state index contributed by atoms with van der Waals surface area (Å²) in [6.45, 7) is 24.0. The van der Waals surface area contributed by atoms with Crippen LogP contribution in [-0.4, -0.2) is 27.3 Å². The van der Waals surface area contributed by atoms with Crippen molar-refractivity contribution in [2.45, 2.75) is 61.9 Å². The van der Waals surface area contributed by atoms with Crippen LogP contribution in [0.1, 0.15) is 101 Å². The molecule has 0 N–H and O–H groups in total. The number of benzene rings is 8. The first-order valence-corrected chi connectivity index (χ1v) is 30.0. The molecule has 0 bridgehead atoms. The van der Waals surface area contributed by atoms with Crippen LogP contribution in [0, 0.1) is 24.5 Å². The van der Waals surface area contributed by atoms with E-state index in [2.05, 4.69) is 9.69 Å². The van der Waals surface area contributed by atoms with Crippen molar-refractivity contribution in [3.63, 3.8) is 0 Å². The second-order valence-electron chi connectivity index (χ2n) is 22.4. The fourth-order valence-electron chi connectivity index (χ4n) is 12.4. The molecule has 0 spiro atoms. The fourth-order valence-corrected chi connectivity index (χ4v) is 15.6. The topological polar surface area (TPSA) is 32.5 Å². The third-order valence-electron chi connectivity index (χ3n) is 17.5. The number of allylic oxidation sites excluding steroid dienone is 8. The minimum absolute atomic E-state index is 0.000205. The van der Waals surface area contributed by atoms with Crippen LogP contribution in [0.2, 0.25) is 0 Å². The van der Waals surface area contributed by atoms with Gasteiger partial charge in [0.15, 0.2) is 5.70 Å². The summed E-state index contributed by atoms with van der Waals surface area (Å²) in [5, 5.41) is 9.62. The summed E-state index contributed by atoms with van der Waals surface area (Å²) in [7, 11) is 0. The molecule has 2 unspecified atom stereocenters. The second kappa shape index (κ2) is 22.6. The Morgan fingerprint density at radius 1 is 0.386 bits per heavy atom. The van der Waals surface area contributed by atoms with Crippen LogP contribution in [0.5, 0.6) is 0 Å². The predicted molar refractivity (Wildman–Crippen MR) is 348 cm³/mol. The Balaban J connectivity index is 0.949. The lowest BCUT2D eigenvalue weighted by Crippen LogP contribution is -2.48. The van der Waals surface area contributed by atoms with Crippen molar-refractivity contribution >= 4 is 66.8 Å². The molecule has 2 aliphatic carbocycles. The van der Waals surface area contributed by atoms with Crippen molar-refractivity contribution in [3.8, 4) is 6.07 Å². The van der Waals surface area contributed by atoms with Crippen LogP contribution >= 0.6 is 23.5 Å². The van der Waals surface area contributed by atoms with Crippen molar-refractivity contribution in [2.24, 2.45) is 0 Å². The fraction of sp³-hybridized carbons (Fsp3) is 0.130. The van der Waals surface area contributed by atoms with E-state index >= 15 is 26.3 Å². The van der Waals surface area contributed by atoms with E-state index in [9.17, 15) is 5.26 Å². The van der Waals surface area contributed by atoms with E-state index in [-0.39, 0.29) is 16.8 Å². The molecule has 2 atom stereocenters. The minimum Gasteiger partial charge on any atom is -0.243 e. The predicted octanol–water partition coefficient (Wildman–Crippen LogP) is 21.5. The zero-order valence-electron chi connectivity index (χ0n) is 48.4. The highest BCUT2D eigenvalue weighted by Gasteiger charge is 2.84. The summed E-state index contributed by atoms with van der Waals surface area (Å²) in [6.07, 6.45) is 2.85. The van der Waals surface area contributed by atoms with E-state index < -0.39 is 38.4 Å². The van der Waals surface area contributed by atoms with Gasteiger partial charge in [-0.3, -0.25) is 0 Å². The molecule has 8 aromatic rings. The zero-order valence-corrected chi connectivity index (χ0v) is 50.0. The normalized spacial score (nSPS) is 20.5. The number of hydrogen-bond donors (Lipinski definition) is 0. The summed E-state index contributed by atoms with van der Waals surface area (Å²) >= 11 is 2.44. The van der Waals surface area contributed by atoms with Gasteiger partial charge in [0.05, 0.1) is 28.7 Å². The Bertz CT molecular complexity index is 4520. The monoisotopic (exact) mass is 1200 g/mol. The van der Waals surface area contributed by atoms with Crippen LogP contribution in [0.25, 0.3) is 52.9 Å². The highest BCUT2D eigenvalue weighted by Crippen LogP contribution is 2.75. The molecule has 88 heavy (non-hydrogen) atoms. The lowest BCUT2D eigenvalue weighted by molar-refractivity contribution is -0.258. The van der Waals surface area contributed by atoms with Gasteiger partial charge in [0.2, 0.25) is 0 Å². The third-order valence-corrected chi connectivity index (χ3v) is 20.8. The molecular formula is C77H53F6N3S2.